The summed E-state index contributed by atoms with van der Waals surface area (Å²) in [5.74, 6) is 0. The second-order valence-electron chi connectivity index (χ2n) is 4.09. The molecule has 1 aromatic carbocycles. The van der Waals surface area contributed by atoms with Gasteiger partial charge in [0.15, 0.2) is 0 Å². The predicted molar refractivity (Wildman–Crippen MR) is 61.7 cm³/mol. The number of hydrogen-bond donors (Lipinski definition) is 4. The lowest BCUT2D eigenvalue weighted by Gasteiger charge is -2.21. The van der Waals surface area contributed by atoms with Crippen molar-refractivity contribution in [3.63, 3.8) is 0 Å². The van der Waals surface area contributed by atoms with Crippen LogP contribution in [0, 0.1) is 0 Å². The van der Waals surface area contributed by atoms with E-state index in [0.29, 0.717) is 0 Å². The highest BCUT2D eigenvalue weighted by Crippen LogP contribution is 2.18. The highest BCUT2D eigenvalue weighted by Gasteiger charge is 2.11. The van der Waals surface area contributed by atoms with Crippen LogP contribution in [0.1, 0.15) is 20.8 Å². The number of aliphatic hydroxyl groups excluding tert-OH is 1. The Kier molecular flexibility index (Phi) is 3.55. The topological polar surface area (TPSA) is 64.5 Å². The number of anilines is 2. The molecule has 1 aromatic rings. The molecule has 1 rings (SSSR count). The normalized spacial score (nSPS) is 13.4. The van der Waals surface area contributed by atoms with Crippen molar-refractivity contribution in [1.29, 1.82) is 0 Å². The van der Waals surface area contributed by atoms with Gasteiger partial charge in [0.25, 0.3) is 0 Å². The van der Waals surface area contributed by atoms with E-state index in [1.165, 1.54) is 0 Å². The first-order valence-corrected chi connectivity index (χ1v) is 4.92. The van der Waals surface area contributed by atoms with Crippen molar-refractivity contribution in [3.8, 4) is 0 Å². The van der Waals surface area contributed by atoms with Gasteiger partial charge in [-0.1, -0.05) is 6.07 Å². The van der Waals surface area contributed by atoms with Crippen molar-refractivity contribution < 1.29 is 10.2 Å². The third kappa shape index (κ3) is 4.67. The van der Waals surface area contributed by atoms with E-state index < -0.39 is 12.0 Å². The van der Waals surface area contributed by atoms with Crippen LogP contribution < -0.4 is 10.6 Å². The second kappa shape index (κ2) is 4.51. The predicted octanol–water partition coefficient (Wildman–Crippen LogP) is 1.58. The van der Waals surface area contributed by atoms with Gasteiger partial charge < -0.3 is 20.8 Å². The minimum atomic E-state index is -0.955. The van der Waals surface area contributed by atoms with Crippen LogP contribution in [0.4, 0.5) is 11.4 Å². The second-order valence-corrected chi connectivity index (χ2v) is 4.09. The molecular weight excluding hydrogens is 192 g/mol. The summed E-state index contributed by atoms with van der Waals surface area (Å²) in [6.07, 6.45) is -0.595. The number of hydrogen-bond acceptors (Lipinski definition) is 4. The van der Waals surface area contributed by atoms with E-state index in [-0.39, 0.29) is 0 Å². The molecule has 4 heteroatoms. The summed E-state index contributed by atoms with van der Waals surface area (Å²) in [5, 5.41) is 24.5. The van der Waals surface area contributed by atoms with Gasteiger partial charge in [-0.3, -0.25) is 0 Å². The fourth-order valence-electron chi connectivity index (χ4n) is 1.28. The molecule has 4 nitrogen and oxygen atoms in total. The maximum Gasteiger partial charge on any atom is 0.129 e. The number of rotatable bonds is 4. The summed E-state index contributed by atoms with van der Waals surface area (Å²) in [6.45, 7) is 4.99. The van der Waals surface area contributed by atoms with Gasteiger partial charge in [0.2, 0.25) is 0 Å². The van der Waals surface area contributed by atoms with E-state index in [2.05, 4.69) is 10.6 Å². The number of benzene rings is 1. The zero-order chi connectivity index (χ0) is 11.5. The number of nitrogens with one attached hydrogen (secondary N) is 2. The Hall–Kier alpha value is -1.26. The Morgan fingerprint density at radius 1 is 1.27 bits per heavy atom. The molecule has 0 amide bonds. The van der Waals surface area contributed by atoms with Gasteiger partial charge in [-0.25, -0.2) is 0 Å². The molecule has 0 fully saturated rings. The third-order valence-corrected chi connectivity index (χ3v) is 1.69. The van der Waals surface area contributed by atoms with Crippen LogP contribution in [0.3, 0.4) is 0 Å². The van der Waals surface area contributed by atoms with E-state index in [1.54, 1.807) is 20.8 Å². The average Bonchev–Trinajstić information content (AvgIpc) is 1.99. The van der Waals surface area contributed by atoms with Crippen LogP contribution in [0.25, 0.3) is 0 Å². The van der Waals surface area contributed by atoms with Crippen molar-refractivity contribution in [2.75, 3.05) is 10.6 Å². The molecule has 0 spiro atoms. The molecule has 84 valence electrons. The molecule has 4 N–H and O–H groups in total. The van der Waals surface area contributed by atoms with Crippen molar-refractivity contribution in [1.82, 2.24) is 0 Å². The van der Waals surface area contributed by atoms with Crippen LogP contribution in [-0.4, -0.2) is 22.2 Å². The smallest absolute Gasteiger partial charge is 0.129 e. The molecule has 0 aliphatic carbocycles. The maximum atomic E-state index is 9.56. The Labute approximate surface area is 89.9 Å². The average molecular weight is 210 g/mol. The van der Waals surface area contributed by atoms with Crippen molar-refractivity contribution >= 4 is 11.4 Å². The minimum Gasteiger partial charge on any atom is -0.374 e. The maximum absolute atomic E-state index is 9.56. The standard InChI is InChI=1S/C11H18N2O2/c1-8(14)12-9-5-4-6-10(7-9)13-11(2,3)15/h4-8,12-15H,1-3H3. The first-order chi connectivity index (χ1) is 6.87. The van der Waals surface area contributed by atoms with Gasteiger partial charge in [-0.2, -0.15) is 0 Å². The Morgan fingerprint density at radius 2 is 1.87 bits per heavy atom. The molecule has 1 unspecified atom stereocenters. The van der Waals surface area contributed by atoms with Crippen molar-refractivity contribution in [3.05, 3.63) is 24.3 Å². The minimum absolute atomic E-state index is 0.595. The summed E-state index contributed by atoms with van der Waals surface area (Å²) in [7, 11) is 0. The Morgan fingerprint density at radius 3 is 2.40 bits per heavy atom. The van der Waals surface area contributed by atoms with Gasteiger partial charge in [-0.05, 0) is 39.0 Å². The molecule has 0 radical (unpaired) electrons. The Bertz CT molecular complexity index is 319. The van der Waals surface area contributed by atoms with E-state index in [0.717, 1.165) is 11.4 Å². The highest BCUT2D eigenvalue weighted by atomic mass is 16.3. The van der Waals surface area contributed by atoms with Crippen LogP contribution in [-0.2, 0) is 0 Å². The zero-order valence-corrected chi connectivity index (χ0v) is 9.28. The van der Waals surface area contributed by atoms with E-state index in [4.69, 9.17) is 5.11 Å². The molecule has 0 aromatic heterocycles. The Balaban J connectivity index is 2.74. The lowest BCUT2D eigenvalue weighted by Crippen LogP contribution is -2.29. The van der Waals surface area contributed by atoms with Crippen molar-refractivity contribution in [2.45, 2.75) is 32.7 Å². The number of aliphatic hydroxyl groups is 2. The monoisotopic (exact) mass is 210 g/mol. The third-order valence-electron chi connectivity index (χ3n) is 1.69. The van der Waals surface area contributed by atoms with Crippen LogP contribution in [0.5, 0.6) is 0 Å². The summed E-state index contributed by atoms with van der Waals surface area (Å²) >= 11 is 0. The first-order valence-electron chi connectivity index (χ1n) is 4.92. The van der Waals surface area contributed by atoms with Gasteiger partial charge in [0.05, 0.1) is 0 Å². The molecule has 0 saturated heterocycles. The molecule has 0 aliphatic heterocycles. The molecule has 0 aliphatic rings. The van der Waals surface area contributed by atoms with Crippen LogP contribution >= 0.6 is 0 Å². The fraction of sp³-hybridized carbons (Fsp3) is 0.455. The zero-order valence-electron chi connectivity index (χ0n) is 9.28. The molecule has 0 heterocycles. The fourth-order valence-corrected chi connectivity index (χ4v) is 1.28. The highest BCUT2D eigenvalue weighted by molar-refractivity contribution is 5.57. The van der Waals surface area contributed by atoms with E-state index in [9.17, 15) is 5.11 Å². The van der Waals surface area contributed by atoms with Gasteiger partial charge in [0.1, 0.15) is 12.0 Å². The molecular formula is C11H18N2O2. The summed E-state index contributed by atoms with van der Waals surface area (Å²) < 4.78 is 0. The van der Waals surface area contributed by atoms with Gasteiger partial charge in [0, 0.05) is 11.4 Å². The van der Waals surface area contributed by atoms with E-state index in [1.807, 2.05) is 24.3 Å². The molecule has 0 bridgehead atoms. The lowest BCUT2D eigenvalue weighted by atomic mass is 10.2. The van der Waals surface area contributed by atoms with E-state index >= 15 is 0 Å². The lowest BCUT2D eigenvalue weighted by molar-refractivity contribution is 0.111. The summed E-state index contributed by atoms with van der Waals surface area (Å²) in [6, 6.07) is 7.37. The van der Waals surface area contributed by atoms with Crippen LogP contribution in [0.2, 0.25) is 0 Å². The van der Waals surface area contributed by atoms with Gasteiger partial charge >= 0.3 is 0 Å². The summed E-state index contributed by atoms with van der Waals surface area (Å²) in [4.78, 5) is 0. The van der Waals surface area contributed by atoms with Crippen LogP contribution in [0.15, 0.2) is 24.3 Å². The molecule has 1 atom stereocenters. The van der Waals surface area contributed by atoms with Crippen molar-refractivity contribution in [2.24, 2.45) is 0 Å². The quantitative estimate of drug-likeness (QED) is 0.570. The van der Waals surface area contributed by atoms with Gasteiger partial charge in [-0.15, -0.1) is 0 Å². The molecule has 0 saturated carbocycles. The first kappa shape index (κ1) is 11.8. The molecule has 15 heavy (non-hydrogen) atoms. The largest absolute Gasteiger partial charge is 0.374 e. The SMILES string of the molecule is CC(O)Nc1cccc(NC(C)(C)O)c1. The summed E-state index contributed by atoms with van der Waals surface area (Å²) in [5.41, 5.74) is 0.649.